The summed E-state index contributed by atoms with van der Waals surface area (Å²) in [7, 11) is 0. The number of hydrogen-bond donors (Lipinski definition) is 2. The van der Waals surface area contributed by atoms with Crippen LogP contribution >= 0.6 is 0 Å². The molecule has 1 saturated carbocycles. The lowest BCUT2D eigenvalue weighted by atomic mass is 10.1. The normalized spacial score (nSPS) is 15.9. The van der Waals surface area contributed by atoms with Gasteiger partial charge in [0, 0.05) is 11.1 Å². The number of nitrogens with two attached hydrogens (primary N) is 1. The van der Waals surface area contributed by atoms with E-state index in [0.717, 1.165) is 5.56 Å². The summed E-state index contributed by atoms with van der Waals surface area (Å²) < 4.78 is 38.5. The van der Waals surface area contributed by atoms with Gasteiger partial charge in [-0.2, -0.15) is 13.2 Å². The second-order valence-corrected chi connectivity index (χ2v) is 5.13. The molecule has 6 heteroatoms. The average molecular weight is 296 g/mol. The number of carbonyl (C=O) groups is 1. The van der Waals surface area contributed by atoms with Crippen molar-refractivity contribution >= 4 is 5.91 Å². The van der Waals surface area contributed by atoms with Gasteiger partial charge in [-0.15, -0.1) is 0 Å². The molecule has 0 aromatic heterocycles. The number of amides is 1. The maximum atomic E-state index is 12.8. The first-order valence-electron chi connectivity index (χ1n) is 6.47. The number of nitrogens with one attached hydrogen (secondary N) is 1. The third-order valence-corrected chi connectivity index (χ3v) is 3.32. The van der Waals surface area contributed by atoms with E-state index in [1.165, 1.54) is 12.1 Å². The topological polar surface area (TPSA) is 55.1 Å². The van der Waals surface area contributed by atoms with Gasteiger partial charge in [0.05, 0.1) is 6.54 Å². The smallest absolute Gasteiger partial charge is 0.338 e. The highest BCUT2D eigenvalue weighted by atomic mass is 19.4. The van der Waals surface area contributed by atoms with Crippen LogP contribution in [0, 0.1) is 18.8 Å². The van der Waals surface area contributed by atoms with Gasteiger partial charge in [0.2, 0.25) is 0 Å². The Bertz CT molecular complexity index is 622. The number of carbonyl (C=O) groups excluding carboxylic acids is 1. The van der Waals surface area contributed by atoms with Gasteiger partial charge in [0.1, 0.15) is 5.54 Å². The fourth-order valence-corrected chi connectivity index (χ4v) is 2.03. The number of alkyl halides is 3. The lowest BCUT2D eigenvalue weighted by Gasteiger charge is -2.20. The molecule has 0 heterocycles. The molecule has 0 unspecified atom stereocenters. The molecule has 1 aliphatic rings. The minimum absolute atomic E-state index is 0.0755. The highest BCUT2D eigenvalue weighted by molar-refractivity contribution is 5.95. The summed E-state index contributed by atoms with van der Waals surface area (Å²) in [4.78, 5) is 12.0. The molecule has 1 fully saturated rings. The minimum atomic E-state index is -4.42. The van der Waals surface area contributed by atoms with Crippen molar-refractivity contribution < 1.29 is 18.0 Å². The molecule has 0 saturated heterocycles. The van der Waals surface area contributed by atoms with Gasteiger partial charge in [-0.25, -0.2) is 0 Å². The third-order valence-electron chi connectivity index (χ3n) is 3.32. The van der Waals surface area contributed by atoms with E-state index in [4.69, 9.17) is 5.73 Å². The zero-order chi connectivity index (χ0) is 15.7. The molecule has 1 aromatic carbocycles. The zero-order valence-electron chi connectivity index (χ0n) is 11.5. The molecule has 0 atom stereocenters. The molecular weight excluding hydrogens is 281 g/mol. The fourth-order valence-electron chi connectivity index (χ4n) is 2.03. The lowest BCUT2D eigenvalue weighted by molar-refractivity contribution is -0.163. The maximum absolute atomic E-state index is 12.8. The molecule has 112 valence electrons. The van der Waals surface area contributed by atoms with E-state index < -0.39 is 17.6 Å². The Labute approximate surface area is 120 Å². The molecule has 0 aliphatic heterocycles. The van der Waals surface area contributed by atoms with Crippen molar-refractivity contribution in [1.82, 2.24) is 5.32 Å². The molecule has 0 spiro atoms. The van der Waals surface area contributed by atoms with Crippen molar-refractivity contribution in [1.29, 1.82) is 0 Å². The van der Waals surface area contributed by atoms with Crippen molar-refractivity contribution in [3.05, 3.63) is 34.9 Å². The van der Waals surface area contributed by atoms with E-state index in [1.54, 1.807) is 13.0 Å². The van der Waals surface area contributed by atoms with Crippen LogP contribution in [-0.2, 0) is 0 Å². The van der Waals surface area contributed by atoms with E-state index >= 15 is 0 Å². The Morgan fingerprint density at radius 1 is 1.38 bits per heavy atom. The summed E-state index contributed by atoms with van der Waals surface area (Å²) in [5, 5.41) is 2.10. The summed E-state index contributed by atoms with van der Waals surface area (Å²) >= 11 is 0. The Morgan fingerprint density at radius 2 is 2.05 bits per heavy atom. The van der Waals surface area contributed by atoms with E-state index in [9.17, 15) is 18.0 Å². The van der Waals surface area contributed by atoms with Crippen molar-refractivity contribution in [2.75, 3.05) is 6.54 Å². The number of rotatable bonds is 2. The van der Waals surface area contributed by atoms with E-state index in [-0.39, 0.29) is 24.9 Å². The highest BCUT2D eigenvalue weighted by Gasteiger charge is 2.64. The molecule has 3 N–H and O–H groups in total. The first kappa shape index (κ1) is 15.4. The number of benzene rings is 1. The largest absolute Gasteiger partial charge is 0.411 e. The van der Waals surface area contributed by atoms with Crippen LogP contribution in [0.2, 0.25) is 0 Å². The van der Waals surface area contributed by atoms with Gasteiger partial charge in [0.25, 0.3) is 5.91 Å². The van der Waals surface area contributed by atoms with Gasteiger partial charge in [0.15, 0.2) is 0 Å². The number of aryl methyl sites for hydroxylation is 1. The molecule has 0 bridgehead atoms. The molecule has 3 nitrogen and oxygen atoms in total. The standard InChI is InChI=1S/C15H15F3N2O/c1-10-7-11(3-2-6-19)9-12(8-10)13(21)20-14(4-5-14)15(16,17)18/h7-9H,4-6,19H2,1H3,(H,20,21). The van der Waals surface area contributed by atoms with Gasteiger partial charge < -0.3 is 11.1 Å². The molecular formula is C15H15F3N2O. The first-order chi connectivity index (χ1) is 9.77. The summed E-state index contributed by atoms with van der Waals surface area (Å²) in [5.41, 5.74) is 4.70. The predicted molar refractivity (Wildman–Crippen MR) is 72.6 cm³/mol. The predicted octanol–water partition coefficient (Wildman–Crippen LogP) is 2.13. The van der Waals surface area contributed by atoms with Crippen LogP contribution in [0.3, 0.4) is 0 Å². The van der Waals surface area contributed by atoms with E-state index in [2.05, 4.69) is 17.2 Å². The van der Waals surface area contributed by atoms with Crippen LogP contribution in [0.4, 0.5) is 13.2 Å². The Kier molecular flexibility index (Phi) is 3.97. The summed E-state index contributed by atoms with van der Waals surface area (Å²) in [6, 6.07) is 4.75. The van der Waals surface area contributed by atoms with Crippen LogP contribution < -0.4 is 11.1 Å². The Morgan fingerprint density at radius 3 is 2.57 bits per heavy atom. The second kappa shape index (κ2) is 5.41. The van der Waals surface area contributed by atoms with Crippen LogP contribution in [0.15, 0.2) is 18.2 Å². The number of halogens is 3. The quantitative estimate of drug-likeness (QED) is 0.822. The summed E-state index contributed by atoms with van der Waals surface area (Å²) in [5.74, 6) is 4.69. The second-order valence-electron chi connectivity index (χ2n) is 5.13. The highest BCUT2D eigenvalue weighted by Crippen LogP contribution is 2.49. The maximum Gasteiger partial charge on any atom is 0.411 e. The molecule has 2 rings (SSSR count). The van der Waals surface area contributed by atoms with Crippen molar-refractivity contribution in [2.24, 2.45) is 5.73 Å². The van der Waals surface area contributed by atoms with Crippen LogP contribution in [0.25, 0.3) is 0 Å². The fraction of sp³-hybridized carbons (Fsp3) is 0.400. The van der Waals surface area contributed by atoms with Gasteiger partial charge in [-0.1, -0.05) is 11.8 Å². The van der Waals surface area contributed by atoms with E-state index in [1.807, 2.05) is 0 Å². The summed E-state index contributed by atoms with van der Waals surface area (Å²) in [6.45, 7) is 1.92. The van der Waals surface area contributed by atoms with Crippen LogP contribution in [0.1, 0.15) is 34.3 Å². The van der Waals surface area contributed by atoms with E-state index in [0.29, 0.717) is 5.56 Å². The van der Waals surface area contributed by atoms with Crippen LogP contribution in [0.5, 0.6) is 0 Å². The Hall–Kier alpha value is -2.00. The van der Waals surface area contributed by atoms with Crippen LogP contribution in [-0.4, -0.2) is 24.2 Å². The Balaban J connectivity index is 2.22. The molecule has 21 heavy (non-hydrogen) atoms. The van der Waals surface area contributed by atoms with Crippen molar-refractivity contribution in [3.63, 3.8) is 0 Å². The monoisotopic (exact) mass is 296 g/mol. The molecule has 1 aromatic rings. The average Bonchev–Trinajstić information content (AvgIpc) is 3.16. The lowest BCUT2D eigenvalue weighted by Crippen LogP contribution is -2.47. The minimum Gasteiger partial charge on any atom is -0.338 e. The SMILES string of the molecule is Cc1cc(C#CCN)cc(C(=O)NC2(C(F)(F)F)CC2)c1. The number of hydrogen-bond acceptors (Lipinski definition) is 2. The van der Waals surface area contributed by atoms with Crippen molar-refractivity contribution in [3.8, 4) is 11.8 Å². The molecule has 1 aliphatic carbocycles. The molecule has 1 amide bonds. The summed E-state index contributed by atoms with van der Waals surface area (Å²) in [6.07, 6.45) is -4.57. The third kappa shape index (κ3) is 3.37. The van der Waals surface area contributed by atoms with Crippen molar-refractivity contribution in [2.45, 2.75) is 31.5 Å². The van der Waals surface area contributed by atoms with Gasteiger partial charge >= 0.3 is 6.18 Å². The first-order valence-corrected chi connectivity index (χ1v) is 6.47. The van der Waals surface area contributed by atoms with Gasteiger partial charge in [-0.05, 0) is 43.5 Å². The van der Waals surface area contributed by atoms with Gasteiger partial charge in [-0.3, -0.25) is 4.79 Å². The molecule has 0 radical (unpaired) electrons. The zero-order valence-corrected chi connectivity index (χ0v) is 11.5.